The van der Waals surface area contributed by atoms with Gasteiger partial charge in [0.05, 0.1) is 25.4 Å². The number of hydrogen-bond donors (Lipinski definition) is 1. The van der Waals surface area contributed by atoms with E-state index in [0.717, 1.165) is 12.8 Å². The van der Waals surface area contributed by atoms with Gasteiger partial charge >= 0.3 is 5.97 Å². The molecule has 0 saturated carbocycles. The fraction of sp³-hybridized carbons (Fsp3) is 0.433. The minimum Gasteiger partial charge on any atom is -0.494 e. The Hall–Kier alpha value is -3.24. The summed E-state index contributed by atoms with van der Waals surface area (Å²) in [5.74, 6) is 0.529. The Balaban J connectivity index is 1.27. The second-order valence-corrected chi connectivity index (χ2v) is 10.0. The third-order valence-corrected chi connectivity index (χ3v) is 6.98. The van der Waals surface area contributed by atoms with Crippen LogP contribution in [0.1, 0.15) is 46.4 Å². The minimum atomic E-state index is -1.91. The van der Waals surface area contributed by atoms with Crippen LogP contribution in [0.3, 0.4) is 0 Å². The molecular formula is C30H33ClO9. The van der Waals surface area contributed by atoms with Gasteiger partial charge in [-0.15, -0.1) is 11.6 Å². The number of ketones is 2. The van der Waals surface area contributed by atoms with Gasteiger partial charge in [0.2, 0.25) is 0 Å². The number of benzene rings is 2. The highest BCUT2D eigenvalue weighted by Crippen LogP contribution is 2.38. The van der Waals surface area contributed by atoms with E-state index in [-0.39, 0.29) is 24.6 Å². The van der Waals surface area contributed by atoms with Gasteiger partial charge in [-0.25, -0.2) is 4.79 Å². The number of carbonyl (C=O) groups excluding carboxylic acids is 3. The Morgan fingerprint density at radius 2 is 1.65 bits per heavy atom. The first-order valence-electron chi connectivity index (χ1n) is 13.2. The number of carbonyl (C=O) groups is 3. The molecule has 0 aromatic heterocycles. The van der Waals surface area contributed by atoms with Gasteiger partial charge in [0.15, 0.2) is 17.5 Å². The highest BCUT2D eigenvalue weighted by atomic mass is 35.5. The van der Waals surface area contributed by atoms with Crippen molar-refractivity contribution in [3.8, 4) is 11.5 Å². The number of unbranched alkanes of at least 4 members (excludes halogenated alkanes) is 1. The molecule has 40 heavy (non-hydrogen) atoms. The largest absolute Gasteiger partial charge is 0.494 e. The van der Waals surface area contributed by atoms with Crippen LogP contribution in [-0.2, 0) is 19.0 Å². The minimum absolute atomic E-state index is 0.0143. The van der Waals surface area contributed by atoms with Gasteiger partial charge in [-0.3, -0.25) is 9.59 Å². The molecule has 0 unspecified atom stereocenters. The molecule has 2 aliphatic rings. The van der Waals surface area contributed by atoms with Gasteiger partial charge in [-0.1, -0.05) is 12.7 Å². The normalized spacial score (nSPS) is 23.3. The van der Waals surface area contributed by atoms with Gasteiger partial charge in [0.1, 0.15) is 36.1 Å². The molecule has 2 aromatic carbocycles. The zero-order chi connectivity index (χ0) is 28.5. The lowest BCUT2D eigenvalue weighted by atomic mass is 9.87. The molecule has 0 amide bonds. The first kappa shape index (κ1) is 29.7. The molecule has 0 bridgehead atoms. The van der Waals surface area contributed by atoms with Crippen LogP contribution in [0.4, 0.5) is 0 Å². The van der Waals surface area contributed by atoms with E-state index in [2.05, 4.69) is 6.58 Å². The molecule has 2 aliphatic heterocycles. The van der Waals surface area contributed by atoms with Crippen LogP contribution >= 0.6 is 11.6 Å². The molecule has 1 N–H and O–H groups in total. The number of esters is 1. The van der Waals surface area contributed by atoms with Gasteiger partial charge in [-0.05, 0) is 61.4 Å². The molecule has 0 spiro atoms. The SMILES string of the molecule is C=CCOc1ccc(C(=O)[C@@]2(O)CO[C@@H]3[C@@H](OC(=O)c4ccc(OCCCCC(=O)CCCl)cc4)CO[C@@H]32)cc1. The molecule has 4 atom stereocenters. The molecule has 4 rings (SSSR count). The van der Waals surface area contributed by atoms with E-state index in [1.165, 1.54) is 0 Å². The molecule has 9 nitrogen and oxygen atoms in total. The van der Waals surface area contributed by atoms with E-state index in [4.69, 9.17) is 35.3 Å². The van der Waals surface area contributed by atoms with Crippen LogP contribution in [0.5, 0.6) is 11.5 Å². The van der Waals surface area contributed by atoms with Gasteiger partial charge < -0.3 is 28.8 Å². The average Bonchev–Trinajstić information content (AvgIpc) is 3.53. The fourth-order valence-electron chi connectivity index (χ4n) is 4.63. The molecule has 2 aromatic rings. The number of alkyl halides is 1. The maximum atomic E-state index is 13.2. The average molecular weight is 573 g/mol. The number of Topliss-reactive ketones (excluding diaryl/α,β-unsaturated/α-hetero) is 2. The van der Waals surface area contributed by atoms with E-state index in [1.54, 1.807) is 54.6 Å². The van der Waals surface area contributed by atoms with Crippen LogP contribution < -0.4 is 9.47 Å². The quantitative estimate of drug-likeness (QED) is 0.111. The Morgan fingerprint density at radius 3 is 2.33 bits per heavy atom. The second-order valence-electron chi connectivity index (χ2n) is 9.66. The van der Waals surface area contributed by atoms with Crippen LogP contribution in [0.25, 0.3) is 0 Å². The summed E-state index contributed by atoms with van der Waals surface area (Å²) >= 11 is 5.56. The van der Waals surface area contributed by atoms with E-state index >= 15 is 0 Å². The fourth-order valence-corrected chi connectivity index (χ4v) is 4.84. The summed E-state index contributed by atoms with van der Waals surface area (Å²) < 4.78 is 28.2. The van der Waals surface area contributed by atoms with Crippen LogP contribution in [0.15, 0.2) is 61.2 Å². The van der Waals surface area contributed by atoms with Crippen molar-refractivity contribution in [1.82, 2.24) is 0 Å². The standard InChI is InChI=1S/C30H33ClO9/c1-2-16-36-23-10-6-20(7-11-23)27(33)30(35)19-39-26-25(18-38-28(26)30)40-29(34)21-8-12-24(13-9-21)37-17-4-3-5-22(32)14-15-31/h2,6-13,25-26,28,35H,1,3-5,14-19H2/t25-,26+,28-,30-/m0/s1. The first-order chi connectivity index (χ1) is 19.4. The lowest BCUT2D eigenvalue weighted by molar-refractivity contribution is -0.118. The number of fused-ring (bicyclic) bond motifs is 1. The molecule has 214 valence electrons. The van der Waals surface area contributed by atoms with Crippen molar-refractivity contribution in [3.05, 3.63) is 72.3 Å². The molecule has 10 heteroatoms. The molecule has 0 radical (unpaired) electrons. The number of aliphatic hydroxyl groups is 1. The third kappa shape index (κ3) is 7.09. The van der Waals surface area contributed by atoms with Crippen molar-refractivity contribution >= 4 is 29.1 Å². The molecule has 2 saturated heterocycles. The summed E-state index contributed by atoms with van der Waals surface area (Å²) in [6.07, 6.45) is 1.40. The summed E-state index contributed by atoms with van der Waals surface area (Å²) in [6, 6.07) is 12.9. The van der Waals surface area contributed by atoms with Gasteiger partial charge in [0.25, 0.3) is 0 Å². The van der Waals surface area contributed by atoms with Crippen molar-refractivity contribution in [2.45, 2.75) is 49.6 Å². The van der Waals surface area contributed by atoms with E-state index in [9.17, 15) is 19.5 Å². The van der Waals surface area contributed by atoms with Crippen LogP contribution in [0, 0.1) is 0 Å². The lowest BCUT2D eigenvalue weighted by Gasteiger charge is -2.25. The summed E-state index contributed by atoms with van der Waals surface area (Å²) in [5.41, 5.74) is -1.32. The van der Waals surface area contributed by atoms with Crippen molar-refractivity contribution in [2.75, 3.05) is 32.3 Å². The van der Waals surface area contributed by atoms with Crippen LogP contribution in [0.2, 0.25) is 0 Å². The second kappa shape index (κ2) is 13.9. The maximum Gasteiger partial charge on any atom is 0.338 e. The van der Waals surface area contributed by atoms with Crippen molar-refractivity contribution in [1.29, 1.82) is 0 Å². The predicted octanol–water partition coefficient (Wildman–Crippen LogP) is 3.94. The summed E-state index contributed by atoms with van der Waals surface area (Å²) in [4.78, 5) is 37.5. The van der Waals surface area contributed by atoms with Crippen molar-refractivity contribution in [2.24, 2.45) is 0 Å². The Bertz CT molecular complexity index is 1180. The van der Waals surface area contributed by atoms with Crippen LogP contribution in [-0.4, -0.2) is 78.9 Å². The van der Waals surface area contributed by atoms with Gasteiger partial charge in [0, 0.05) is 24.3 Å². The predicted molar refractivity (Wildman–Crippen MR) is 146 cm³/mol. The third-order valence-electron chi connectivity index (χ3n) is 6.79. The Labute approximate surface area is 238 Å². The highest BCUT2D eigenvalue weighted by Gasteiger charge is 2.61. The molecule has 2 heterocycles. The van der Waals surface area contributed by atoms with E-state index in [1.807, 2.05) is 0 Å². The number of hydrogen-bond acceptors (Lipinski definition) is 9. The number of rotatable bonds is 15. The topological polar surface area (TPSA) is 118 Å². The number of halogens is 1. The highest BCUT2D eigenvalue weighted by molar-refractivity contribution is 6.19. The lowest BCUT2D eigenvalue weighted by Crippen LogP contribution is -2.50. The smallest absolute Gasteiger partial charge is 0.338 e. The van der Waals surface area contributed by atoms with E-state index in [0.29, 0.717) is 49.0 Å². The van der Waals surface area contributed by atoms with Gasteiger partial charge in [-0.2, -0.15) is 0 Å². The van der Waals surface area contributed by atoms with Crippen molar-refractivity contribution in [3.63, 3.8) is 0 Å². The monoisotopic (exact) mass is 572 g/mol. The summed E-state index contributed by atoms with van der Waals surface area (Å²) in [6.45, 7) is 4.08. The zero-order valence-corrected chi connectivity index (χ0v) is 22.8. The molecule has 0 aliphatic carbocycles. The number of ether oxygens (including phenoxy) is 5. The first-order valence-corrected chi connectivity index (χ1v) is 13.7. The molecule has 2 fully saturated rings. The molecular weight excluding hydrogens is 540 g/mol. The summed E-state index contributed by atoms with van der Waals surface area (Å²) in [7, 11) is 0. The van der Waals surface area contributed by atoms with E-state index < -0.39 is 35.7 Å². The maximum absolute atomic E-state index is 13.2. The zero-order valence-electron chi connectivity index (χ0n) is 22.1. The Kier molecular flexibility index (Phi) is 10.3. The Morgan fingerprint density at radius 1 is 0.975 bits per heavy atom. The summed E-state index contributed by atoms with van der Waals surface area (Å²) in [5, 5.41) is 11.2. The van der Waals surface area contributed by atoms with Crippen molar-refractivity contribution < 1.29 is 43.2 Å².